The molecule has 4 aromatic rings. The van der Waals surface area contributed by atoms with Crippen LogP contribution in [0.5, 0.6) is 0 Å². The van der Waals surface area contributed by atoms with E-state index in [1.807, 2.05) is 0 Å². The fraction of sp³-hybridized carbons (Fsp3) is 0.200. The molecule has 0 N–H and O–H groups in total. The van der Waals surface area contributed by atoms with Gasteiger partial charge in [-0.15, -0.1) is 0 Å². The lowest BCUT2D eigenvalue weighted by Crippen LogP contribution is -2.14. The SMILES string of the molecule is CC1(C)c2ccccc2-c2ccccc21.CC1(C)c2ccccc2-c2ccccc21. The first-order chi connectivity index (χ1) is 14.4. The van der Waals surface area contributed by atoms with E-state index in [1.165, 1.54) is 44.5 Å². The van der Waals surface area contributed by atoms with Gasteiger partial charge in [-0.05, 0) is 44.5 Å². The molecule has 30 heavy (non-hydrogen) atoms. The van der Waals surface area contributed by atoms with Gasteiger partial charge >= 0.3 is 0 Å². The fourth-order valence-electron chi connectivity index (χ4n) is 5.34. The third-order valence-electron chi connectivity index (χ3n) is 6.98. The molecule has 0 aliphatic heterocycles. The molecular formula is C30H28. The zero-order chi connectivity index (χ0) is 20.9. The van der Waals surface area contributed by atoms with Crippen molar-refractivity contribution >= 4 is 0 Å². The summed E-state index contributed by atoms with van der Waals surface area (Å²) in [5.41, 5.74) is 11.7. The molecule has 0 heterocycles. The topological polar surface area (TPSA) is 0 Å². The van der Waals surface area contributed by atoms with Gasteiger partial charge in [-0.3, -0.25) is 0 Å². The molecule has 0 unspecified atom stereocenters. The van der Waals surface area contributed by atoms with Gasteiger partial charge in [0.15, 0.2) is 0 Å². The Hall–Kier alpha value is -3.12. The standard InChI is InChI=1S/2C15H14/c2*1-15(2)13-9-5-3-7-11(13)12-8-4-6-10-14(12)15/h2*3-10H,1-2H3. The summed E-state index contributed by atoms with van der Waals surface area (Å²) in [6.07, 6.45) is 0. The average molecular weight is 389 g/mol. The third-order valence-corrected chi connectivity index (χ3v) is 6.98. The molecular weight excluding hydrogens is 360 g/mol. The van der Waals surface area contributed by atoms with Crippen LogP contribution in [-0.2, 0) is 10.8 Å². The highest BCUT2D eigenvalue weighted by Crippen LogP contribution is 2.49. The van der Waals surface area contributed by atoms with Gasteiger partial charge in [-0.2, -0.15) is 0 Å². The van der Waals surface area contributed by atoms with Gasteiger partial charge in [0.2, 0.25) is 0 Å². The van der Waals surface area contributed by atoms with Gasteiger partial charge in [0.1, 0.15) is 0 Å². The second kappa shape index (κ2) is 6.71. The van der Waals surface area contributed by atoms with Gasteiger partial charge in [0.05, 0.1) is 0 Å². The minimum absolute atomic E-state index is 0.160. The van der Waals surface area contributed by atoms with Gasteiger partial charge in [-0.25, -0.2) is 0 Å². The first kappa shape index (κ1) is 18.9. The second-order valence-electron chi connectivity index (χ2n) is 9.43. The molecule has 0 atom stereocenters. The molecule has 148 valence electrons. The molecule has 0 nitrogen and oxygen atoms in total. The molecule has 0 radical (unpaired) electrons. The highest BCUT2D eigenvalue weighted by atomic mass is 14.4. The van der Waals surface area contributed by atoms with Crippen LogP contribution in [0, 0.1) is 0 Å². The maximum absolute atomic E-state index is 2.30. The van der Waals surface area contributed by atoms with Crippen molar-refractivity contribution in [1.82, 2.24) is 0 Å². The molecule has 0 bridgehead atoms. The summed E-state index contributed by atoms with van der Waals surface area (Å²) in [4.78, 5) is 0. The summed E-state index contributed by atoms with van der Waals surface area (Å²) in [6.45, 7) is 9.21. The largest absolute Gasteiger partial charge is 0.0619 e. The van der Waals surface area contributed by atoms with E-state index >= 15 is 0 Å². The van der Waals surface area contributed by atoms with Crippen LogP contribution in [0.2, 0.25) is 0 Å². The molecule has 4 aromatic carbocycles. The van der Waals surface area contributed by atoms with Crippen LogP contribution in [0.25, 0.3) is 22.3 Å². The van der Waals surface area contributed by atoms with E-state index in [1.54, 1.807) is 0 Å². The van der Waals surface area contributed by atoms with E-state index in [0.29, 0.717) is 0 Å². The Labute approximate surface area is 180 Å². The Morgan fingerprint density at radius 2 is 0.533 bits per heavy atom. The van der Waals surface area contributed by atoms with Crippen molar-refractivity contribution in [3.05, 3.63) is 119 Å². The number of hydrogen-bond acceptors (Lipinski definition) is 0. The molecule has 0 saturated carbocycles. The zero-order valence-corrected chi connectivity index (χ0v) is 18.2. The predicted molar refractivity (Wildman–Crippen MR) is 128 cm³/mol. The Bertz CT molecular complexity index is 1050. The second-order valence-corrected chi connectivity index (χ2v) is 9.43. The van der Waals surface area contributed by atoms with E-state index in [2.05, 4.69) is 125 Å². The summed E-state index contributed by atoms with van der Waals surface area (Å²) < 4.78 is 0. The predicted octanol–water partition coefficient (Wildman–Crippen LogP) is 7.99. The highest BCUT2D eigenvalue weighted by molar-refractivity contribution is 5.81. The van der Waals surface area contributed by atoms with E-state index < -0.39 is 0 Å². The molecule has 0 saturated heterocycles. The van der Waals surface area contributed by atoms with Gasteiger partial charge < -0.3 is 0 Å². The molecule has 0 spiro atoms. The van der Waals surface area contributed by atoms with E-state index in [9.17, 15) is 0 Å². The number of benzene rings is 4. The maximum atomic E-state index is 2.30. The zero-order valence-electron chi connectivity index (χ0n) is 18.2. The van der Waals surface area contributed by atoms with E-state index in [-0.39, 0.29) is 10.8 Å². The third kappa shape index (κ3) is 2.67. The van der Waals surface area contributed by atoms with Crippen LogP contribution < -0.4 is 0 Å². The lowest BCUT2D eigenvalue weighted by Gasteiger charge is -2.20. The van der Waals surface area contributed by atoms with Crippen molar-refractivity contribution in [3.63, 3.8) is 0 Å². The van der Waals surface area contributed by atoms with E-state index in [0.717, 1.165) is 0 Å². The van der Waals surface area contributed by atoms with Crippen LogP contribution in [0.4, 0.5) is 0 Å². The molecule has 0 heteroatoms. The summed E-state index contributed by atoms with van der Waals surface area (Å²) >= 11 is 0. The van der Waals surface area contributed by atoms with Crippen LogP contribution in [0.15, 0.2) is 97.1 Å². The van der Waals surface area contributed by atoms with Crippen molar-refractivity contribution in [2.24, 2.45) is 0 Å². The van der Waals surface area contributed by atoms with Crippen LogP contribution in [-0.4, -0.2) is 0 Å². The number of hydrogen-bond donors (Lipinski definition) is 0. The van der Waals surface area contributed by atoms with Gasteiger partial charge in [0, 0.05) is 10.8 Å². The van der Waals surface area contributed by atoms with Gasteiger partial charge in [-0.1, -0.05) is 125 Å². The summed E-state index contributed by atoms with van der Waals surface area (Å²) in [5.74, 6) is 0. The summed E-state index contributed by atoms with van der Waals surface area (Å²) in [6, 6.07) is 34.9. The molecule has 6 rings (SSSR count). The van der Waals surface area contributed by atoms with Crippen molar-refractivity contribution in [2.45, 2.75) is 38.5 Å². The maximum Gasteiger partial charge on any atom is 0.0158 e. The minimum Gasteiger partial charge on any atom is -0.0619 e. The highest BCUT2D eigenvalue weighted by Gasteiger charge is 2.35. The fourth-order valence-corrected chi connectivity index (χ4v) is 5.34. The monoisotopic (exact) mass is 388 g/mol. The first-order valence-electron chi connectivity index (χ1n) is 10.8. The van der Waals surface area contributed by atoms with Crippen LogP contribution >= 0.6 is 0 Å². The number of fused-ring (bicyclic) bond motifs is 6. The normalized spacial score (nSPS) is 15.9. The molecule has 0 fully saturated rings. The Balaban J connectivity index is 0.000000128. The Kier molecular flexibility index (Phi) is 4.22. The minimum atomic E-state index is 0.160. The lowest BCUT2D eigenvalue weighted by atomic mass is 9.82. The molecule has 0 aromatic heterocycles. The average Bonchev–Trinajstić information content (AvgIpc) is 3.16. The lowest BCUT2D eigenvalue weighted by molar-refractivity contribution is 0.660. The molecule has 0 amide bonds. The summed E-state index contributed by atoms with van der Waals surface area (Å²) in [5, 5.41) is 0. The van der Waals surface area contributed by atoms with Crippen molar-refractivity contribution < 1.29 is 0 Å². The van der Waals surface area contributed by atoms with Gasteiger partial charge in [0.25, 0.3) is 0 Å². The van der Waals surface area contributed by atoms with Crippen molar-refractivity contribution in [2.75, 3.05) is 0 Å². The van der Waals surface area contributed by atoms with Crippen molar-refractivity contribution in [1.29, 1.82) is 0 Å². The smallest absolute Gasteiger partial charge is 0.0158 e. The Morgan fingerprint density at radius 1 is 0.333 bits per heavy atom. The quantitative estimate of drug-likeness (QED) is 0.286. The van der Waals surface area contributed by atoms with Crippen LogP contribution in [0.3, 0.4) is 0 Å². The van der Waals surface area contributed by atoms with Crippen molar-refractivity contribution in [3.8, 4) is 22.3 Å². The Morgan fingerprint density at radius 3 is 0.767 bits per heavy atom. The first-order valence-corrected chi connectivity index (χ1v) is 10.8. The molecule has 2 aliphatic carbocycles. The summed E-state index contributed by atoms with van der Waals surface area (Å²) in [7, 11) is 0. The van der Waals surface area contributed by atoms with E-state index in [4.69, 9.17) is 0 Å². The van der Waals surface area contributed by atoms with Crippen LogP contribution in [0.1, 0.15) is 49.9 Å². The molecule has 2 aliphatic rings. The number of rotatable bonds is 0.